The molecule has 2 aromatic heterocycles. The molecule has 31 heavy (non-hydrogen) atoms. The third kappa shape index (κ3) is 2.97. The number of aromatic nitrogens is 4. The van der Waals surface area contributed by atoms with Gasteiger partial charge in [0.05, 0.1) is 22.4 Å². The first-order chi connectivity index (χ1) is 15.0. The standard InChI is InChI=1S/C22H17BrN6O2/c1-2-18(31)28-10-16(13-5-3-4-6-15(13)28)29-22-19(21(24)25-11-26-22)20(27-29)12-7-8-14(23)17(30)9-12/h2-9,11,16,30H,1,10H2,(H2,24,25,26). The van der Waals surface area contributed by atoms with Gasteiger partial charge in [0.2, 0.25) is 5.91 Å². The van der Waals surface area contributed by atoms with Crippen molar-refractivity contribution in [3.8, 4) is 17.0 Å². The number of para-hydroxylation sites is 1. The quantitative estimate of drug-likeness (QED) is 0.436. The van der Waals surface area contributed by atoms with Gasteiger partial charge in [-0.2, -0.15) is 5.10 Å². The second kappa shape index (κ2) is 7.21. The Morgan fingerprint density at radius 2 is 2.06 bits per heavy atom. The molecule has 0 saturated heterocycles. The number of hydrogen-bond acceptors (Lipinski definition) is 6. The molecular weight excluding hydrogens is 460 g/mol. The SMILES string of the molecule is C=CC(=O)N1CC(n2nc(-c3ccc(Br)c(O)c3)c3c(N)ncnc32)c2ccccc21. The molecule has 9 heteroatoms. The molecule has 0 spiro atoms. The molecule has 3 N–H and O–H groups in total. The molecule has 0 aliphatic carbocycles. The normalized spacial score (nSPS) is 15.3. The maximum absolute atomic E-state index is 12.5. The second-order valence-electron chi connectivity index (χ2n) is 7.14. The van der Waals surface area contributed by atoms with Gasteiger partial charge in [-0.1, -0.05) is 30.8 Å². The van der Waals surface area contributed by atoms with Crippen molar-refractivity contribution in [3.63, 3.8) is 0 Å². The molecule has 154 valence electrons. The molecule has 0 fully saturated rings. The molecule has 5 rings (SSSR count). The summed E-state index contributed by atoms with van der Waals surface area (Å²) in [5.41, 5.74) is 9.76. The number of carbonyl (C=O) groups excluding carboxylic acids is 1. The summed E-state index contributed by atoms with van der Waals surface area (Å²) >= 11 is 3.30. The number of hydrogen-bond donors (Lipinski definition) is 2. The summed E-state index contributed by atoms with van der Waals surface area (Å²) in [6, 6.07) is 12.6. The van der Waals surface area contributed by atoms with Gasteiger partial charge in [-0.25, -0.2) is 14.6 Å². The predicted molar refractivity (Wildman–Crippen MR) is 122 cm³/mol. The van der Waals surface area contributed by atoms with Gasteiger partial charge < -0.3 is 15.7 Å². The minimum atomic E-state index is -0.269. The Hall–Kier alpha value is -3.72. The van der Waals surface area contributed by atoms with Crippen LogP contribution in [0.25, 0.3) is 22.3 Å². The summed E-state index contributed by atoms with van der Waals surface area (Å²) in [4.78, 5) is 22.7. The van der Waals surface area contributed by atoms with Crippen LogP contribution in [0.2, 0.25) is 0 Å². The Morgan fingerprint density at radius 3 is 2.84 bits per heavy atom. The van der Waals surface area contributed by atoms with Gasteiger partial charge in [-0.05, 0) is 40.2 Å². The molecule has 8 nitrogen and oxygen atoms in total. The van der Waals surface area contributed by atoms with Crippen molar-refractivity contribution in [3.05, 3.63) is 71.5 Å². The Labute approximate surface area is 185 Å². The van der Waals surface area contributed by atoms with E-state index in [2.05, 4.69) is 32.5 Å². The zero-order valence-corrected chi connectivity index (χ0v) is 17.8. The van der Waals surface area contributed by atoms with E-state index in [0.717, 1.165) is 11.3 Å². The Bertz CT molecular complexity index is 1370. The van der Waals surface area contributed by atoms with Crippen LogP contribution >= 0.6 is 15.9 Å². The smallest absolute Gasteiger partial charge is 0.250 e. The van der Waals surface area contributed by atoms with Crippen molar-refractivity contribution in [2.45, 2.75) is 6.04 Å². The van der Waals surface area contributed by atoms with Crippen LogP contribution in [0.15, 0.2) is 65.9 Å². The highest BCUT2D eigenvalue weighted by Gasteiger charge is 2.35. The van der Waals surface area contributed by atoms with Crippen LogP contribution in [-0.2, 0) is 4.79 Å². The molecule has 4 aromatic rings. The van der Waals surface area contributed by atoms with E-state index in [1.54, 1.807) is 21.7 Å². The van der Waals surface area contributed by atoms with Crippen molar-refractivity contribution in [2.24, 2.45) is 0 Å². The molecular formula is C22H17BrN6O2. The number of phenols is 1. The van der Waals surface area contributed by atoms with Crippen LogP contribution in [0, 0.1) is 0 Å². The van der Waals surface area contributed by atoms with Crippen molar-refractivity contribution >= 4 is 44.4 Å². The van der Waals surface area contributed by atoms with Gasteiger partial charge in [-0.15, -0.1) is 0 Å². The highest BCUT2D eigenvalue weighted by atomic mass is 79.9. The molecule has 3 heterocycles. The molecule has 1 aliphatic rings. The van der Waals surface area contributed by atoms with Crippen LogP contribution < -0.4 is 10.6 Å². The summed E-state index contributed by atoms with van der Waals surface area (Å²) in [7, 11) is 0. The largest absolute Gasteiger partial charge is 0.507 e. The molecule has 2 aromatic carbocycles. The van der Waals surface area contributed by atoms with E-state index in [4.69, 9.17) is 10.8 Å². The minimum absolute atomic E-state index is 0.0876. The lowest BCUT2D eigenvalue weighted by molar-refractivity contribution is -0.114. The number of phenolic OH excluding ortho intramolecular Hbond substituents is 1. The van der Waals surface area contributed by atoms with Gasteiger partial charge in [0.25, 0.3) is 0 Å². The maximum Gasteiger partial charge on any atom is 0.250 e. The number of carbonyl (C=O) groups is 1. The van der Waals surface area contributed by atoms with Gasteiger partial charge in [0.1, 0.15) is 23.6 Å². The third-order valence-electron chi connectivity index (χ3n) is 5.42. The predicted octanol–water partition coefficient (Wildman–Crippen LogP) is 3.67. The molecule has 1 aliphatic heterocycles. The van der Waals surface area contributed by atoms with E-state index in [9.17, 15) is 9.90 Å². The Kier molecular flexibility index (Phi) is 4.48. The van der Waals surface area contributed by atoms with Crippen LogP contribution in [0.4, 0.5) is 11.5 Å². The number of benzene rings is 2. The van der Waals surface area contributed by atoms with Crippen molar-refractivity contribution in [1.82, 2.24) is 19.7 Å². The van der Waals surface area contributed by atoms with Gasteiger partial charge in [0.15, 0.2) is 5.65 Å². The molecule has 0 saturated carbocycles. The number of halogens is 1. The summed E-state index contributed by atoms with van der Waals surface area (Å²) in [6.45, 7) is 4.00. The number of nitrogen functional groups attached to an aromatic ring is 1. The topological polar surface area (TPSA) is 110 Å². The van der Waals surface area contributed by atoms with E-state index in [1.165, 1.54) is 12.4 Å². The number of rotatable bonds is 3. The van der Waals surface area contributed by atoms with Crippen molar-refractivity contribution < 1.29 is 9.90 Å². The first-order valence-corrected chi connectivity index (χ1v) is 10.3. The van der Waals surface area contributed by atoms with Crippen LogP contribution in [0.3, 0.4) is 0 Å². The van der Waals surface area contributed by atoms with Gasteiger partial charge >= 0.3 is 0 Å². The molecule has 1 atom stereocenters. The van der Waals surface area contributed by atoms with Gasteiger partial charge in [-0.3, -0.25) is 4.79 Å². The van der Waals surface area contributed by atoms with E-state index >= 15 is 0 Å². The lowest BCUT2D eigenvalue weighted by Gasteiger charge is -2.16. The van der Waals surface area contributed by atoms with Gasteiger partial charge in [0, 0.05) is 16.8 Å². The summed E-state index contributed by atoms with van der Waals surface area (Å²) in [5, 5.41) is 15.6. The second-order valence-corrected chi connectivity index (χ2v) is 8.00. The fourth-order valence-corrected chi connectivity index (χ4v) is 4.23. The average molecular weight is 477 g/mol. The fraction of sp³-hybridized carbons (Fsp3) is 0.0909. The van der Waals surface area contributed by atoms with Crippen molar-refractivity contribution in [2.75, 3.05) is 17.2 Å². The van der Waals surface area contributed by atoms with Crippen LogP contribution in [0.5, 0.6) is 5.75 Å². The van der Waals surface area contributed by atoms with E-state index in [0.29, 0.717) is 39.1 Å². The first kappa shape index (κ1) is 19.3. The summed E-state index contributed by atoms with van der Waals surface area (Å²) in [6.07, 6.45) is 2.70. The fourth-order valence-electron chi connectivity index (χ4n) is 3.99. The monoisotopic (exact) mass is 476 g/mol. The lowest BCUT2D eigenvalue weighted by Crippen LogP contribution is -2.29. The van der Waals surface area contributed by atoms with Crippen LogP contribution in [-0.4, -0.2) is 37.3 Å². The molecule has 1 amide bonds. The summed E-state index contributed by atoms with van der Waals surface area (Å²) < 4.78 is 2.35. The van der Waals surface area contributed by atoms with Crippen molar-refractivity contribution in [1.29, 1.82) is 0 Å². The maximum atomic E-state index is 12.5. The minimum Gasteiger partial charge on any atom is -0.507 e. The highest BCUT2D eigenvalue weighted by Crippen LogP contribution is 2.41. The van der Waals surface area contributed by atoms with E-state index in [-0.39, 0.29) is 17.7 Å². The molecule has 0 bridgehead atoms. The zero-order chi connectivity index (χ0) is 21.7. The third-order valence-corrected chi connectivity index (χ3v) is 6.09. The number of nitrogens with two attached hydrogens (primary N) is 1. The van der Waals surface area contributed by atoms with E-state index in [1.807, 2.05) is 30.3 Å². The van der Waals surface area contributed by atoms with E-state index < -0.39 is 0 Å². The number of fused-ring (bicyclic) bond motifs is 2. The molecule has 0 radical (unpaired) electrons. The van der Waals surface area contributed by atoms with Crippen LogP contribution in [0.1, 0.15) is 11.6 Å². The number of aromatic hydroxyl groups is 1. The highest BCUT2D eigenvalue weighted by molar-refractivity contribution is 9.10. The Balaban J connectivity index is 1.74. The number of anilines is 2. The average Bonchev–Trinajstić information content (AvgIpc) is 3.35. The number of nitrogens with zero attached hydrogens (tertiary/aromatic N) is 5. The Morgan fingerprint density at radius 1 is 1.26 bits per heavy atom. The molecule has 1 unspecified atom stereocenters. The first-order valence-electron chi connectivity index (χ1n) is 9.50. The number of amides is 1. The zero-order valence-electron chi connectivity index (χ0n) is 16.2. The summed E-state index contributed by atoms with van der Waals surface area (Å²) in [5.74, 6) is 0.196. The lowest BCUT2D eigenvalue weighted by atomic mass is 10.1.